The lowest BCUT2D eigenvalue weighted by Gasteiger charge is -2.21. The van der Waals surface area contributed by atoms with Crippen molar-refractivity contribution in [2.24, 2.45) is 11.3 Å². The molecule has 0 heterocycles. The summed E-state index contributed by atoms with van der Waals surface area (Å²) < 4.78 is 0. The molecule has 0 bridgehead atoms. The highest BCUT2D eigenvalue weighted by Gasteiger charge is 2.56. The number of rotatable bonds is 3. The molecule has 4 heteroatoms. The molecule has 2 rings (SSSR count). The van der Waals surface area contributed by atoms with Gasteiger partial charge in [-0.25, -0.2) is 4.79 Å². The van der Waals surface area contributed by atoms with E-state index in [4.69, 9.17) is 10.4 Å². The highest BCUT2D eigenvalue weighted by atomic mass is 16.4. The third-order valence-electron chi connectivity index (χ3n) is 4.42. The Morgan fingerprint density at radius 2 is 2.00 bits per heavy atom. The molecule has 0 aliphatic heterocycles. The molecule has 0 saturated heterocycles. The molecule has 2 saturated carbocycles. The summed E-state index contributed by atoms with van der Waals surface area (Å²) in [4.78, 5) is 10.9. The highest BCUT2D eigenvalue weighted by molar-refractivity contribution is 5.82. The number of allylic oxidation sites excluding steroid dienone is 1. The fourth-order valence-electron chi connectivity index (χ4n) is 2.77. The summed E-state index contributed by atoms with van der Waals surface area (Å²) in [5.41, 5.74) is -1.58. The summed E-state index contributed by atoms with van der Waals surface area (Å²) in [6.07, 6.45) is 6.49. The Kier molecular flexibility index (Phi) is 3.88. The van der Waals surface area contributed by atoms with Crippen LogP contribution in [0.4, 0.5) is 0 Å². The smallest absolute Gasteiger partial charge is 0.329 e. The van der Waals surface area contributed by atoms with Gasteiger partial charge in [-0.15, -0.1) is 0 Å². The van der Waals surface area contributed by atoms with Gasteiger partial charge in [0, 0.05) is 11.6 Å². The van der Waals surface area contributed by atoms with Crippen molar-refractivity contribution in [3.05, 3.63) is 11.6 Å². The SMILES string of the molecule is C[C@](O)(C#C/C(=C\C(=O)O)C1CCCC1)C1(C#N)CC1. The molecule has 2 aliphatic carbocycles. The molecule has 20 heavy (non-hydrogen) atoms. The maximum Gasteiger partial charge on any atom is 0.329 e. The second-order valence-corrected chi connectivity index (χ2v) is 5.94. The predicted octanol–water partition coefficient (Wildman–Crippen LogP) is 2.25. The molecule has 0 aromatic carbocycles. The second kappa shape index (κ2) is 5.31. The van der Waals surface area contributed by atoms with Gasteiger partial charge in [0.2, 0.25) is 0 Å². The van der Waals surface area contributed by atoms with Crippen molar-refractivity contribution in [2.45, 2.75) is 51.0 Å². The number of carbonyl (C=O) groups is 1. The average Bonchev–Trinajstić information content (AvgIpc) is 3.02. The molecular formula is C16H19NO3. The molecule has 2 aliphatic rings. The lowest BCUT2D eigenvalue weighted by molar-refractivity contribution is -0.131. The van der Waals surface area contributed by atoms with E-state index in [0.717, 1.165) is 31.8 Å². The van der Waals surface area contributed by atoms with Gasteiger partial charge in [-0.1, -0.05) is 24.7 Å². The first-order valence-electron chi connectivity index (χ1n) is 7.01. The van der Waals surface area contributed by atoms with E-state index in [0.29, 0.717) is 18.4 Å². The largest absolute Gasteiger partial charge is 0.478 e. The second-order valence-electron chi connectivity index (χ2n) is 5.94. The molecule has 0 aromatic heterocycles. The van der Waals surface area contributed by atoms with Gasteiger partial charge in [-0.2, -0.15) is 5.26 Å². The summed E-state index contributed by atoms with van der Waals surface area (Å²) in [5.74, 6) is 4.75. The summed E-state index contributed by atoms with van der Waals surface area (Å²) >= 11 is 0. The Morgan fingerprint density at radius 3 is 2.45 bits per heavy atom. The average molecular weight is 273 g/mol. The van der Waals surface area contributed by atoms with E-state index >= 15 is 0 Å². The van der Waals surface area contributed by atoms with E-state index in [9.17, 15) is 9.90 Å². The van der Waals surface area contributed by atoms with Gasteiger partial charge in [-0.05, 0) is 38.5 Å². The number of aliphatic hydroxyl groups is 1. The van der Waals surface area contributed by atoms with Crippen LogP contribution in [-0.2, 0) is 4.79 Å². The molecule has 106 valence electrons. The predicted molar refractivity (Wildman–Crippen MR) is 73.4 cm³/mol. The number of nitrogens with zero attached hydrogens (tertiary/aromatic N) is 1. The van der Waals surface area contributed by atoms with Gasteiger partial charge in [0.15, 0.2) is 0 Å². The number of nitriles is 1. The Morgan fingerprint density at radius 1 is 1.40 bits per heavy atom. The van der Waals surface area contributed by atoms with Crippen LogP contribution in [0, 0.1) is 34.5 Å². The van der Waals surface area contributed by atoms with Crippen molar-refractivity contribution < 1.29 is 15.0 Å². The molecule has 2 N–H and O–H groups in total. The number of hydrogen-bond donors (Lipinski definition) is 2. The molecule has 1 atom stereocenters. The minimum atomic E-state index is -1.38. The van der Waals surface area contributed by atoms with Crippen LogP contribution in [0.5, 0.6) is 0 Å². The normalized spacial score (nSPS) is 24.1. The van der Waals surface area contributed by atoms with Crippen LogP contribution >= 0.6 is 0 Å². The quantitative estimate of drug-likeness (QED) is 0.610. The van der Waals surface area contributed by atoms with Crippen LogP contribution in [0.3, 0.4) is 0 Å². The number of carboxylic acid groups (broad SMARTS) is 1. The van der Waals surface area contributed by atoms with E-state index < -0.39 is 17.0 Å². The van der Waals surface area contributed by atoms with Gasteiger partial charge >= 0.3 is 5.97 Å². The van der Waals surface area contributed by atoms with Crippen molar-refractivity contribution in [3.8, 4) is 17.9 Å². The van der Waals surface area contributed by atoms with Crippen LogP contribution in [0.2, 0.25) is 0 Å². The van der Waals surface area contributed by atoms with E-state index in [1.165, 1.54) is 0 Å². The fourth-order valence-corrected chi connectivity index (χ4v) is 2.77. The Hall–Kier alpha value is -1.78. The molecule has 0 radical (unpaired) electrons. The van der Waals surface area contributed by atoms with Crippen LogP contribution < -0.4 is 0 Å². The lowest BCUT2D eigenvalue weighted by Crippen LogP contribution is -2.33. The third kappa shape index (κ3) is 2.86. The standard InChI is InChI=1S/C16H19NO3/c1-15(20,16(11-17)8-9-16)7-6-13(10-14(18)19)12-4-2-3-5-12/h10,12,20H,2-5,8-9H2,1H3,(H,18,19)/b13-10+/t15-/m0/s1. The van der Waals surface area contributed by atoms with E-state index in [1.54, 1.807) is 6.92 Å². The zero-order valence-electron chi connectivity index (χ0n) is 11.6. The van der Waals surface area contributed by atoms with Crippen LogP contribution in [0.1, 0.15) is 45.4 Å². The van der Waals surface area contributed by atoms with Crippen molar-refractivity contribution in [1.29, 1.82) is 5.26 Å². The molecule has 4 nitrogen and oxygen atoms in total. The van der Waals surface area contributed by atoms with Crippen LogP contribution in [0.15, 0.2) is 11.6 Å². The summed E-state index contributed by atoms with van der Waals surface area (Å²) in [6.45, 7) is 1.54. The minimum absolute atomic E-state index is 0.173. The minimum Gasteiger partial charge on any atom is -0.478 e. The zero-order chi connectivity index (χ0) is 14.8. The maximum absolute atomic E-state index is 10.9. The summed E-state index contributed by atoms with van der Waals surface area (Å²) in [5, 5.41) is 28.4. The first kappa shape index (κ1) is 14.6. The van der Waals surface area contributed by atoms with Crippen LogP contribution in [0.25, 0.3) is 0 Å². The highest BCUT2D eigenvalue weighted by Crippen LogP contribution is 2.53. The van der Waals surface area contributed by atoms with Gasteiger partial charge < -0.3 is 10.2 Å². The Balaban J connectivity index is 2.23. The fraction of sp³-hybridized carbons (Fsp3) is 0.625. The molecule has 0 spiro atoms. The number of carboxylic acids is 1. The summed E-state index contributed by atoms with van der Waals surface area (Å²) in [7, 11) is 0. The summed E-state index contributed by atoms with van der Waals surface area (Å²) in [6, 6.07) is 2.14. The third-order valence-corrected chi connectivity index (χ3v) is 4.42. The van der Waals surface area contributed by atoms with Gasteiger partial charge in [-0.3, -0.25) is 0 Å². The number of aliphatic carboxylic acids is 1. The molecule has 0 unspecified atom stereocenters. The van der Waals surface area contributed by atoms with E-state index in [-0.39, 0.29) is 5.92 Å². The molecule has 2 fully saturated rings. The zero-order valence-corrected chi connectivity index (χ0v) is 11.6. The first-order valence-corrected chi connectivity index (χ1v) is 7.01. The Bertz CT molecular complexity index is 532. The maximum atomic E-state index is 10.9. The van der Waals surface area contributed by atoms with Crippen molar-refractivity contribution in [2.75, 3.05) is 0 Å². The van der Waals surface area contributed by atoms with E-state index in [2.05, 4.69) is 17.9 Å². The van der Waals surface area contributed by atoms with Gasteiger partial charge in [0.25, 0.3) is 0 Å². The van der Waals surface area contributed by atoms with Crippen molar-refractivity contribution in [1.82, 2.24) is 0 Å². The molecule has 0 aromatic rings. The molecule has 0 amide bonds. The lowest BCUT2D eigenvalue weighted by atomic mass is 9.86. The van der Waals surface area contributed by atoms with Crippen molar-refractivity contribution in [3.63, 3.8) is 0 Å². The van der Waals surface area contributed by atoms with E-state index in [1.807, 2.05) is 0 Å². The Labute approximate surface area is 119 Å². The molecular weight excluding hydrogens is 254 g/mol. The van der Waals surface area contributed by atoms with Gasteiger partial charge in [0.1, 0.15) is 5.60 Å². The van der Waals surface area contributed by atoms with Crippen molar-refractivity contribution >= 4 is 5.97 Å². The topological polar surface area (TPSA) is 81.3 Å². The van der Waals surface area contributed by atoms with Crippen LogP contribution in [-0.4, -0.2) is 21.8 Å². The first-order chi connectivity index (χ1) is 9.40. The number of hydrogen-bond acceptors (Lipinski definition) is 3. The van der Waals surface area contributed by atoms with Gasteiger partial charge in [0.05, 0.1) is 11.5 Å². The monoisotopic (exact) mass is 273 g/mol.